The fraction of sp³-hybridized carbons (Fsp3) is 0.348. The second-order valence-electron chi connectivity index (χ2n) is 7.53. The zero-order chi connectivity index (χ0) is 23.4. The summed E-state index contributed by atoms with van der Waals surface area (Å²) in [5.74, 6) is -2.21. The molecule has 1 atom stereocenters. The molecule has 0 radical (unpaired) electrons. The Kier molecular flexibility index (Phi) is 8.03. The van der Waals surface area contributed by atoms with Crippen LogP contribution in [-0.4, -0.2) is 33.3 Å². The van der Waals surface area contributed by atoms with Gasteiger partial charge in [-0.3, -0.25) is 14.2 Å². The molecular formula is C23H23ClF2N2O3S. The number of halogens is 3. The summed E-state index contributed by atoms with van der Waals surface area (Å²) in [6, 6.07) is 7.65. The molecule has 32 heavy (non-hydrogen) atoms. The third-order valence-electron chi connectivity index (χ3n) is 4.71. The van der Waals surface area contributed by atoms with E-state index in [4.69, 9.17) is 16.3 Å². The highest BCUT2D eigenvalue weighted by atomic mass is 35.5. The molecule has 9 heteroatoms. The lowest BCUT2D eigenvalue weighted by Gasteiger charge is -2.16. The van der Waals surface area contributed by atoms with Crippen molar-refractivity contribution in [2.75, 3.05) is 6.61 Å². The van der Waals surface area contributed by atoms with Crippen molar-refractivity contribution in [2.24, 2.45) is 0 Å². The molecule has 2 aromatic carbocycles. The van der Waals surface area contributed by atoms with Gasteiger partial charge in [-0.1, -0.05) is 23.4 Å². The van der Waals surface area contributed by atoms with E-state index in [1.807, 2.05) is 13.8 Å². The lowest BCUT2D eigenvalue weighted by atomic mass is 10.1. The molecule has 170 valence electrons. The van der Waals surface area contributed by atoms with Crippen LogP contribution in [-0.2, 0) is 11.3 Å². The minimum absolute atomic E-state index is 0.0701. The van der Waals surface area contributed by atoms with Gasteiger partial charge >= 0.3 is 0 Å². The van der Waals surface area contributed by atoms with Gasteiger partial charge in [-0.15, -0.1) is 0 Å². The van der Waals surface area contributed by atoms with Crippen molar-refractivity contribution in [1.29, 1.82) is 0 Å². The molecule has 3 rings (SSSR count). The minimum Gasteiger partial charge on any atom is -0.379 e. The Hall–Kier alpha value is -2.29. The van der Waals surface area contributed by atoms with E-state index in [1.165, 1.54) is 4.57 Å². The number of benzene rings is 2. The number of Topliss-reactive ketones (excluding diaryl/α,β-unsaturated/α-hetero) is 1. The van der Waals surface area contributed by atoms with E-state index in [-0.39, 0.29) is 17.2 Å². The summed E-state index contributed by atoms with van der Waals surface area (Å²) in [5, 5.41) is 0.391. The Balaban J connectivity index is 1.94. The molecule has 3 aromatic rings. The van der Waals surface area contributed by atoms with Gasteiger partial charge in [-0.05, 0) is 57.5 Å². The fourth-order valence-corrected chi connectivity index (χ4v) is 4.29. The molecule has 0 amide bonds. The number of rotatable bonds is 9. The van der Waals surface area contributed by atoms with Gasteiger partial charge < -0.3 is 4.74 Å². The molecule has 0 saturated heterocycles. The molecule has 0 N–H and O–H groups in total. The second-order valence-corrected chi connectivity index (χ2v) is 9.28. The third kappa shape index (κ3) is 5.74. The summed E-state index contributed by atoms with van der Waals surface area (Å²) in [5.41, 5.74) is -0.0620. The van der Waals surface area contributed by atoms with Crippen LogP contribution >= 0.6 is 23.4 Å². The highest BCUT2D eigenvalue weighted by Gasteiger charge is 2.23. The van der Waals surface area contributed by atoms with Gasteiger partial charge in [-0.2, -0.15) is 0 Å². The number of carbonyl (C=O) groups is 1. The SMILES string of the molecule is CC(C)OCCCn1c(SC(C)C(=O)c2ccc(F)cc2F)nc2cc(Cl)ccc2c1=O. The lowest BCUT2D eigenvalue weighted by Crippen LogP contribution is -2.26. The third-order valence-corrected chi connectivity index (χ3v) is 6.03. The molecule has 0 aliphatic heterocycles. The summed E-state index contributed by atoms with van der Waals surface area (Å²) >= 11 is 7.11. The van der Waals surface area contributed by atoms with Gasteiger partial charge in [0.15, 0.2) is 10.9 Å². The lowest BCUT2D eigenvalue weighted by molar-refractivity contribution is 0.0743. The van der Waals surface area contributed by atoms with Gasteiger partial charge in [0.05, 0.1) is 27.8 Å². The highest BCUT2D eigenvalue weighted by molar-refractivity contribution is 8.00. The Morgan fingerprint density at radius 1 is 1.19 bits per heavy atom. The molecule has 1 unspecified atom stereocenters. The van der Waals surface area contributed by atoms with Crippen molar-refractivity contribution < 1.29 is 18.3 Å². The summed E-state index contributed by atoms with van der Waals surface area (Å²) in [7, 11) is 0. The fourth-order valence-electron chi connectivity index (χ4n) is 3.12. The molecule has 1 aromatic heterocycles. The Bertz CT molecular complexity index is 1200. The van der Waals surface area contributed by atoms with Crippen LogP contribution in [0, 0.1) is 11.6 Å². The quantitative estimate of drug-likeness (QED) is 0.175. The van der Waals surface area contributed by atoms with E-state index in [2.05, 4.69) is 4.98 Å². The van der Waals surface area contributed by atoms with Crippen molar-refractivity contribution in [1.82, 2.24) is 9.55 Å². The topological polar surface area (TPSA) is 61.2 Å². The van der Waals surface area contributed by atoms with Crippen LogP contribution in [0.2, 0.25) is 5.02 Å². The van der Waals surface area contributed by atoms with Gasteiger partial charge in [0.2, 0.25) is 0 Å². The maximum Gasteiger partial charge on any atom is 0.262 e. The predicted octanol–water partition coefficient (Wildman–Crippen LogP) is 5.51. The van der Waals surface area contributed by atoms with Crippen molar-refractivity contribution in [3.8, 4) is 0 Å². The number of carbonyl (C=O) groups excluding carboxylic acids is 1. The monoisotopic (exact) mass is 480 g/mol. The first kappa shape index (κ1) is 24.4. The smallest absolute Gasteiger partial charge is 0.262 e. The maximum absolute atomic E-state index is 14.1. The normalized spacial score (nSPS) is 12.5. The largest absolute Gasteiger partial charge is 0.379 e. The van der Waals surface area contributed by atoms with Gasteiger partial charge in [0.1, 0.15) is 11.6 Å². The summed E-state index contributed by atoms with van der Waals surface area (Å²) in [4.78, 5) is 30.5. The second kappa shape index (κ2) is 10.6. The van der Waals surface area contributed by atoms with Gasteiger partial charge in [0.25, 0.3) is 5.56 Å². The number of ketones is 1. The molecule has 0 spiro atoms. The van der Waals surface area contributed by atoms with E-state index in [0.29, 0.717) is 46.7 Å². The van der Waals surface area contributed by atoms with Gasteiger partial charge in [-0.25, -0.2) is 13.8 Å². The number of aromatic nitrogens is 2. The van der Waals surface area contributed by atoms with Crippen LogP contribution in [0.5, 0.6) is 0 Å². The van der Waals surface area contributed by atoms with Crippen LogP contribution in [0.25, 0.3) is 10.9 Å². The number of nitrogens with zero attached hydrogens (tertiary/aromatic N) is 2. The van der Waals surface area contributed by atoms with Crippen molar-refractivity contribution in [2.45, 2.75) is 50.2 Å². The van der Waals surface area contributed by atoms with Crippen LogP contribution in [0.15, 0.2) is 46.3 Å². The summed E-state index contributed by atoms with van der Waals surface area (Å²) in [6.45, 7) is 6.25. The number of thioether (sulfide) groups is 1. The molecule has 1 heterocycles. The molecule has 0 fully saturated rings. The zero-order valence-electron chi connectivity index (χ0n) is 17.9. The molecule has 0 bridgehead atoms. The van der Waals surface area contributed by atoms with Crippen LogP contribution in [0.1, 0.15) is 37.6 Å². The summed E-state index contributed by atoms with van der Waals surface area (Å²) < 4.78 is 34.4. The molecule has 5 nitrogen and oxygen atoms in total. The van der Waals surface area contributed by atoms with E-state index >= 15 is 0 Å². The van der Waals surface area contributed by atoms with Crippen molar-refractivity contribution in [3.63, 3.8) is 0 Å². The molecule has 0 aliphatic rings. The number of hydrogen-bond donors (Lipinski definition) is 0. The average molecular weight is 481 g/mol. The van der Waals surface area contributed by atoms with Crippen LogP contribution in [0.3, 0.4) is 0 Å². The number of fused-ring (bicyclic) bond motifs is 1. The van der Waals surface area contributed by atoms with Crippen LogP contribution < -0.4 is 5.56 Å². The number of hydrogen-bond acceptors (Lipinski definition) is 5. The minimum atomic E-state index is -0.927. The highest BCUT2D eigenvalue weighted by Crippen LogP contribution is 2.27. The number of ether oxygens (including phenoxy) is 1. The Labute approximate surface area is 193 Å². The Morgan fingerprint density at radius 2 is 1.94 bits per heavy atom. The first-order valence-corrected chi connectivity index (χ1v) is 11.4. The van der Waals surface area contributed by atoms with Gasteiger partial charge in [0, 0.05) is 24.2 Å². The van der Waals surface area contributed by atoms with E-state index in [1.54, 1.807) is 25.1 Å². The van der Waals surface area contributed by atoms with E-state index in [0.717, 1.165) is 23.9 Å². The predicted molar refractivity (Wildman–Crippen MR) is 123 cm³/mol. The first-order chi connectivity index (χ1) is 15.2. The van der Waals surface area contributed by atoms with Crippen molar-refractivity contribution in [3.05, 3.63) is 69.0 Å². The zero-order valence-corrected chi connectivity index (χ0v) is 19.5. The van der Waals surface area contributed by atoms with E-state index in [9.17, 15) is 18.4 Å². The average Bonchev–Trinajstić information content (AvgIpc) is 2.72. The standard InChI is InChI=1S/C23H23ClF2N2O3S/c1-13(2)31-10-4-9-28-22(30)18-7-5-15(24)11-20(18)27-23(28)32-14(3)21(29)17-8-6-16(25)12-19(17)26/h5-8,11-14H,4,9-10H2,1-3H3. The van der Waals surface area contributed by atoms with Crippen molar-refractivity contribution >= 4 is 40.0 Å². The van der Waals surface area contributed by atoms with E-state index < -0.39 is 22.7 Å². The van der Waals surface area contributed by atoms with Crippen LogP contribution in [0.4, 0.5) is 8.78 Å². The summed E-state index contributed by atoms with van der Waals surface area (Å²) in [6.07, 6.45) is 0.641. The maximum atomic E-state index is 14.1. The first-order valence-electron chi connectivity index (χ1n) is 10.1. The Morgan fingerprint density at radius 3 is 2.62 bits per heavy atom. The molecular weight excluding hydrogens is 458 g/mol. The molecule has 0 saturated carbocycles. The molecule has 0 aliphatic carbocycles.